The largest absolute Gasteiger partial charge is 0.334 e. The normalized spacial score (nSPS) is 14.6. The summed E-state index contributed by atoms with van der Waals surface area (Å²) in [6, 6.07) is 0. The molecule has 1 heterocycles. The lowest BCUT2D eigenvalue weighted by molar-refractivity contribution is 0.568. The van der Waals surface area contributed by atoms with Crippen molar-refractivity contribution in [1.29, 1.82) is 0 Å². The fraction of sp³-hybridized carbons (Fsp3) is 0.750. The van der Waals surface area contributed by atoms with E-state index in [0.29, 0.717) is 0 Å². The topological polar surface area (TPSA) is 17.8 Å². The third-order valence-corrected chi connectivity index (χ3v) is 3.11. The summed E-state index contributed by atoms with van der Waals surface area (Å²) < 4.78 is 2.37. The molecule has 0 fully saturated rings. The van der Waals surface area contributed by atoms with Crippen LogP contribution < -0.4 is 0 Å². The minimum Gasteiger partial charge on any atom is -0.334 e. The van der Waals surface area contributed by atoms with E-state index in [1.165, 1.54) is 62.9 Å². The lowest BCUT2D eigenvalue weighted by Crippen LogP contribution is -2.00. The summed E-state index contributed by atoms with van der Waals surface area (Å²) in [4.78, 5) is 4.46. The summed E-state index contributed by atoms with van der Waals surface area (Å²) in [5, 5.41) is 0. The summed E-state index contributed by atoms with van der Waals surface area (Å²) in [7, 11) is 0. The van der Waals surface area contributed by atoms with E-state index < -0.39 is 0 Å². The van der Waals surface area contributed by atoms with E-state index >= 15 is 0 Å². The molecule has 0 radical (unpaired) electrons. The number of nitrogens with zero attached hydrogens (tertiary/aromatic N) is 2. The monoisotopic (exact) mass is 192 g/mol. The molecule has 0 amide bonds. The first-order chi connectivity index (χ1) is 6.92. The van der Waals surface area contributed by atoms with E-state index in [-0.39, 0.29) is 0 Å². The molecule has 0 bridgehead atoms. The summed E-state index contributed by atoms with van der Waals surface area (Å²) in [5.74, 6) is 0. The number of imidazole rings is 1. The molecule has 0 saturated carbocycles. The van der Waals surface area contributed by atoms with Gasteiger partial charge < -0.3 is 4.57 Å². The van der Waals surface area contributed by atoms with Crippen molar-refractivity contribution in [3.8, 4) is 0 Å². The number of unbranched alkanes of at least 4 members (excludes halogenated alkanes) is 3. The van der Waals surface area contributed by atoms with Gasteiger partial charge >= 0.3 is 0 Å². The molecule has 0 aromatic carbocycles. The van der Waals surface area contributed by atoms with Crippen LogP contribution in [0.5, 0.6) is 0 Å². The fourth-order valence-electron chi connectivity index (χ4n) is 2.27. The highest BCUT2D eigenvalue weighted by molar-refractivity contribution is 5.18. The molecule has 2 rings (SSSR count). The molecule has 1 aliphatic carbocycles. The molecule has 0 atom stereocenters. The molecule has 0 spiro atoms. The number of aromatic nitrogens is 2. The van der Waals surface area contributed by atoms with Gasteiger partial charge in [0, 0.05) is 12.2 Å². The van der Waals surface area contributed by atoms with Crippen LogP contribution in [0.4, 0.5) is 0 Å². The molecular weight excluding hydrogens is 172 g/mol. The third kappa shape index (κ3) is 1.99. The molecule has 0 N–H and O–H groups in total. The lowest BCUT2D eigenvalue weighted by Gasteiger charge is -2.05. The molecule has 1 aromatic heterocycles. The molecule has 0 unspecified atom stereocenters. The SMILES string of the molecule is CCCCCCn1cnc2c1CCC2. The van der Waals surface area contributed by atoms with Crippen molar-refractivity contribution in [2.24, 2.45) is 0 Å². The third-order valence-electron chi connectivity index (χ3n) is 3.11. The van der Waals surface area contributed by atoms with Crippen LogP contribution >= 0.6 is 0 Å². The highest BCUT2D eigenvalue weighted by Crippen LogP contribution is 2.20. The maximum absolute atomic E-state index is 4.46. The standard InChI is InChI=1S/C12H20N2/c1-2-3-4-5-9-14-10-13-11-7-6-8-12(11)14/h10H,2-9H2,1H3. The van der Waals surface area contributed by atoms with Crippen molar-refractivity contribution in [2.45, 2.75) is 58.4 Å². The Morgan fingerprint density at radius 1 is 1.29 bits per heavy atom. The van der Waals surface area contributed by atoms with Crippen molar-refractivity contribution >= 4 is 0 Å². The zero-order chi connectivity index (χ0) is 9.80. The van der Waals surface area contributed by atoms with Gasteiger partial charge in [0.05, 0.1) is 12.0 Å². The molecule has 0 aliphatic heterocycles. The molecule has 1 aliphatic rings. The number of fused-ring (bicyclic) bond motifs is 1. The van der Waals surface area contributed by atoms with Gasteiger partial charge in [0.25, 0.3) is 0 Å². The summed E-state index contributed by atoms with van der Waals surface area (Å²) in [6.07, 6.45) is 11.2. The molecule has 2 nitrogen and oxygen atoms in total. The predicted molar refractivity (Wildman–Crippen MR) is 58.4 cm³/mol. The van der Waals surface area contributed by atoms with Crippen molar-refractivity contribution in [3.63, 3.8) is 0 Å². The second kappa shape index (κ2) is 4.63. The second-order valence-electron chi connectivity index (χ2n) is 4.25. The Labute approximate surface area is 86.3 Å². The molecular formula is C12H20N2. The quantitative estimate of drug-likeness (QED) is 0.656. The highest BCUT2D eigenvalue weighted by atomic mass is 15.1. The Kier molecular flexibility index (Phi) is 3.22. The summed E-state index contributed by atoms with van der Waals surface area (Å²) >= 11 is 0. The Hall–Kier alpha value is -0.790. The summed E-state index contributed by atoms with van der Waals surface area (Å²) in [5.41, 5.74) is 2.88. The van der Waals surface area contributed by atoms with Crippen LogP contribution in [0.2, 0.25) is 0 Å². The van der Waals surface area contributed by atoms with Crippen LogP contribution in [0.3, 0.4) is 0 Å². The van der Waals surface area contributed by atoms with Crippen molar-refractivity contribution in [3.05, 3.63) is 17.7 Å². The molecule has 0 saturated heterocycles. The van der Waals surface area contributed by atoms with Gasteiger partial charge in [-0.05, 0) is 25.7 Å². The van der Waals surface area contributed by atoms with E-state index in [1.807, 2.05) is 6.33 Å². The van der Waals surface area contributed by atoms with Crippen molar-refractivity contribution < 1.29 is 0 Å². The Bertz CT molecular complexity index is 289. The summed E-state index contributed by atoms with van der Waals surface area (Å²) in [6.45, 7) is 3.44. The van der Waals surface area contributed by atoms with Crippen LogP contribution in [-0.4, -0.2) is 9.55 Å². The fourth-order valence-corrected chi connectivity index (χ4v) is 2.27. The Morgan fingerprint density at radius 3 is 3.07 bits per heavy atom. The molecule has 1 aromatic rings. The van der Waals surface area contributed by atoms with Gasteiger partial charge in [-0.1, -0.05) is 26.2 Å². The van der Waals surface area contributed by atoms with Gasteiger partial charge in [0.15, 0.2) is 0 Å². The average Bonchev–Trinajstić information content (AvgIpc) is 2.75. The maximum atomic E-state index is 4.46. The second-order valence-corrected chi connectivity index (χ2v) is 4.25. The predicted octanol–water partition coefficient (Wildman–Crippen LogP) is 2.95. The molecule has 78 valence electrons. The van der Waals surface area contributed by atoms with E-state index in [1.54, 1.807) is 0 Å². The average molecular weight is 192 g/mol. The number of hydrogen-bond acceptors (Lipinski definition) is 1. The number of aryl methyl sites for hydroxylation is 2. The highest BCUT2D eigenvalue weighted by Gasteiger charge is 2.15. The first-order valence-electron chi connectivity index (χ1n) is 5.94. The minimum atomic E-state index is 1.18. The van der Waals surface area contributed by atoms with Crippen LogP contribution in [0.25, 0.3) is 0 Å². The van der Waals surface area contributed by atoms with Gasteiger partial charge in [-0.3, -0.25) is 0 Å². The maximum Gasteiger partial charge on any atom is 0.0951 e. The van der Waals surface area contributed by atoms with Crippen LogP contribution in [0, 0.1) is 0 Å². The van der Waals surface area contributed by atoms with Crippen LogP contribution in [0.1, 0.15) is 50.4 Å². The molecule has 14 heavy (non-hydrogen) atoms. The van der Waals surface area contributed by atoms with Crippen molar-refractivity contribution in [2.75, 3.05) is 0 Å². The number of hydrogen-bond donors (Lipinski definition) is 0. The number of rotatable bonds is 5. The first-order valence-corrected chi connectivity index (χ1v) is 5.94. The van der Waals surface area contributed by atoms with Crippen LogP contribution in [0.15, 0.2) is 6.33 Å². The van der Waals surface area contributed by atoms with Gasteiger partial charge in [0.1, 0.15) is 0 Å². The zero-order valence-corrected chi connectivity index (χ0v) is 9.13. The van der Waals surface area contributed by atoms with Gasteiger partial charge in [-0.25, -0.2) is 4.98 Å². The smallest absolute Gasteiger partial charge is 0.0951 e. The van der Waals surface area contributed by atoms with Crippen molar-refractivity contribution in [1.82, 2.24) is 9.55 Å². The zero-order valence-electron chi connectivity index (χ0n) is 9.13. The minimum absolute atomic E-state index is 1.18. The molecule has 2 heteroatoms. The van der Waals surface area contributed by atoms with Crippen LogP contribution in [-0.2, 0) is 19.4 Å². The lowest BCUT2D eigenvalue weighted by atomic mass is 10.2. The van der Waals surface area contributed by atoms with Gasteiger partial charge in [0.2, 0.25) is 0 Å². The van der Waals surface area contributed by atoms with E-state index in [2.05, 4.69) is 16.5 Å². The van der Waals surface area contributed by atoms with E-state index in [9.17, 15) is 0 Å². The Balaban J connectivity index is 1.84. The Morgan fingerprint density at radius 2 is 2.21 bits per heavy atom. The van der Waals surface area contributed by atoms with Gasteiger partial charge in [-0.15, -0.1) is 0 Å². The first kappa shape index (κ1) is 9.75. The van der Waals surface area contributed by atoms with E-state index in [4.69, 9.17) is 0 Å². The van der Waals surface area contributed by atoms with E-state index in [0.717, 1.165) is 0 Å². The van der Waals surface area contributed by atoms with Gasteiger partial charge in [-0.2, -0.15) is 0 Å².